The van der Waals surface area contributed by atoms with Crippen LogP contribution in [0.25, 0.3) is 0 Å². The smallest absolute Gasteiger partial charge is 0.273 e. The molecular formula is C13H11BrN2O4S. The normalized spacial score (nSPS) is 11.1. The number of hydrogen-bond donors (Lipinski definition) is 1. The van der Waals surface area contributed by atoms with Gasteiger partial charge in [-0.05, 0) is 23.8 Å². The Hall–Kier alpha value is -1.93. The summed E-state index contributed by atoms with van der Waals surface area (Å²) in [4.78, 5) is 10.3. The molecule has 0 saturated heterocycles. The number of nitrogens with zero attached hydrogens (tertiary/aromatic N) is 1. The van der Waals surface area contributed by atoms with E-state index in [1.54, 1.807) is 12.1 Å². The number of nitrogens with one attached hydrogen (secondary N) is 1. The van der Waals surface area contributed by atoms with Crippen LogP contribution in [0.3, 0.4) is 0 Å². The first-order valence-corrected chi connectivity index (χ1v) is 8.45. The number of nitro benzene ring substituents is 1. The number of halogens is 1. The Bertz CT molecular complexity index is 760. The molecule has 110 valence electrons. The first-order chi connectivity index (χ1) is 9.94. The first kappa shape index (κ1) is 15.5. The van der Waals surface area contributed by atoms with Gasteiger partial charge >= 0.3 is 0 Å². The van der Waals surface area contributed by atoms with Gasteiger partial charge in [0.1, 0.15) is 5.69 Å². The second-order valence-electron chi connectivity index (χ2n) is 4.16. The second-order valence-corrected chi connectivity index (χ2v) is 6.40. The lowest BCUT2D eigenvalue weighted by Gasteiger charge is -2.08. The van der Waals surface area contributed by atoms with Crippen molar-refractivity contribution in [2.45, 2.75) is 10.2 Å². The molecule has 0 fully saturated rings. The SMILES string of the molecule is O=[N+]([O-])c1ccccc1NS(=O)(=O)c1ccc(CBr)cc1. The minimum absolute atomic E-state index is 0.0466. The van der Waals surface area contributed by atoms with E-state index in [0.717, 1.165) is 5.56 Å². The predicted octanol–water partition coefficient (Wildman–Crippen LogP) is 3.29. The molecule has 0 spiro atoms. The Morgan fingerprint density at radius 3 is 2.29 bits per heavy atom. The Labute approximate surface area is 130 Å². The Morgan fingerprint density at radius 1 is 1.10 bits per heavy atom. The van der Waals surface area contributed by atoms with Crippen molar-refractivity contribution in [2.75, 3.05) is 4.72 Å². The van der Waals surface area contributed by atoms with Gasteiger partial charge in [-0.25, -0.2) is 8.42 Å². The highest BCUT2D eigenvalue weighted by atomic mass is 79.9. The topological polar surface area (TPSA) is 89.3 Å². The first-order valence-electron chi connectivity index (χ1n) is 5.85. The highest BCUT2D eigenvalue weighted by Crippen LogP contribution is 2.26. The summed E-state index contributed by atoms with van der Waals surface area (Å²) in [5.74, 6) is 0. The Morgan fingerprint density at radius 2 is 1.71 bits per heavy atom. The zero-order valence-corrected chi connectivity index (χ0v) is 13.1. The molecule has 0 saturated carbocycles. The maximum absolute atomic E-state index is 12.2. The lowest BCUT2D eigenvalue weighted by molar-refractivity contribution is -0.383. The van der Waals surface area contributed by atoms with Crippen molar-refractivity contribution in [3.8, 4) is 0 Å². The van der Waals surface area contributed by atoms with Gasteiger partial charge in [-0.3, -0.25) is 14.8 Å². The van der Waals surface area contributed by atoms with Crippen molar-refractivity contribution < 1.29 is 13.3 Å². The minimum atomic E-state index is -3.86. The van der Waals surface area contributed by atoms with Gasteiger partial charge in [-0.1, -0.05) is 40.2 Å². The van der Waals surface area contributed by atoms with Crippen LogP contribution in [0.5, 0.6) is 0 Å². The van der Waals surface area contributed by atoms with Crippen LogP contribution in [0.4, 0.5) is 11.4 Å². The molecule has 0 aliphatic carbocycles. The van der Waals surface area contributed by atoms with Gasteiger partial charge in [0.05, 0.1) is 9.82 Å². The van der Waals surface area contributed by atoms with Gasteiger partial charge in [-0.15, -0.1) is 0 Å². The van der Waals surface area contributed by atoms with Gasteiger partial charge in [0.25, 0.3) is 15.7 Å². The van der Waals surface area contributed by atoms with Crippen molar-refractivity contribution in [2.24, 2.45) is 0 Å². The number of nitro groups is 1. The summed E-state index contributed by atoms with van der Waals surface area (Å²) >= 11 is 3.27. The average molecular weight is 371 g/mol. The number of para-hydroxylation sites is 2. The van der Waals surface area contributed by atoms with Crippen LogP contribution in [0.2, 0.25) is 0 Å². The van der Waals surface area contributed by atoms with Gasteiger partial charge < -0.3 is 0 Å². The molecular weight excluding hydrogens is 360 g/mol. The highest BCUT2D eigenvalue weighted by molar-refractivity contribution is 9.08. The van der Waals surface area contributed by atoms with E-state index in [-0.39, 0.29) is 16.3 Å². The van der Waals surface area contributed by atoms with Gasteiger partial charge in [0, 0.05) is 11.4 Å². The van der Waals surface area contributed by atoms with Crippen molar-refractivity contribution in [1.29, 1.82) is 0 Å². The summed E-state index contributed by atoms with van der Waals surface area (Å²) in [6.07, 6.45) is 0. The number of benzene rings is 2. The fourth-order valence-corrected chi connectivity index (χ4v) is 3.13. The van der Waals surface area contributed by atoms with E-state index in [1.165, 1.54) is 36.4 Å². The highest BCUT2D eigenvalue weighted by Gasteiger charge is 2.20. The molecule has 0 radical (unpaired) electrons. The molecule has 1 N–H and O–H groups in total. The third-order valence-corrected chi connectivity index (χ3v) is 4.76. The van der Waals surface area contributed by atoms with Gasteiger partial charge in [0.2, 0.25) is 0 Å². The molecule has 8 heteroatoms. The molecule has 0 aromatic heterocycles. The largest absolute Gasteiger partial charge is 0.293 e. The van der Waals surface area contributed by atoms with Crippen LogP contribution in [0, 0.1) is 10.1 Å². The number of sulfonamides is 1. The molecule has 21 heavy (non-hydrogen) atoms. The Kier molecular flexibility index (Phi) is 4.59. The number of hydrogen-bond acceptors (Lipinski definition) is 4. The average Bonchev–Trinajstić information content (AvgIpc) is 2.47. The molecule has 2 aromatic rings. The maximum atomic E-state index is 12.2. The third-order valence-electron chi connectivity index (χ3n) is 2.73. The zero-order chi connectivity index (χ0) is 15.5. The zero-order valence-electron chi connectivity index (χ0n) is 10.7. The van der Waals surface area contributed by atoms with Crippen LogP contribution >= 0.6 is 15.9 Å². The van der Waals surface area contributed by atoms with Crippen molar-refractivity contribution >= 4 is 37.3 Å². The van der Waals surface area contributed by atoms with E-state index >= 15 is 0 Å². The molecule has 0 heterocycles. The lowest BCUT2D eigenvalue weighted by atomic mass is 10.2. The minimum Gasteiger partial charge on any atom is -0.273 e. The number of alkyl halides is 1. The summed E-state index contributed by atoms with van der Waals surface area (Å²) in [6.45, 7) is 0. The number of anilines is 1. The quantitative estimate of drug-likeness (QED) is 0.496. The van der Waals surface area contributed by atoms with Crippen molar-refractivity contribution in [3.63, 3.8) is 0 Å². The monoisotopic (exact) mass is 370 g/mol. The standard InChI is InChI=1S/C13H11BrN2O4S/c14-9-10-5-7-11(8-6-10)21(19,20)15-12-3-1-2-4-13(12)16(17)18/h1-8,15H,9H2. The third kappa shape index (κ3) is 3.59. The molecule has 0 aliphatic heterocycles. The van der Waals surface area contributed by atoms with Crippen LogP contribution in [-0.4, -0.2) is 13.3 Å². The van der Waals surface area contributed by atoms with Crippen LogP contribution < -0.4 is 4.72 Å². The maximum Gasteiger partial charge on any atom is 0.293 e. The van der Waals surface area contributed by atoms with Crippen LogP contribution in [-0.2, 0) is 15.4 Å². The lowest BCUT2D eigenvalue weighted by Crippen LogP contribution is -2.14. The van der Waals surface area contributed by atoms with E-state index in [9.17, 15) is 18.5 Å². The molecule has 2 aromatic carbocycles. The fourth-order valence-electron chi connectivity index (χ4n) is 1.68. The van der Waals surface area contributed by atoms with Crippen molar-refractivity contribution in [3.05, 3.63) is 64.2 Å². The van der Waals surface area contributed by atoms with E-state index in [1.807, 2.05) is 0 Å². The van der Waals surface area contributed by atoms with E-state index in [4.69, 9.17) is 0 Å². The van der Waals surface area contributed by atoms with Gasteiger partial charge in [-0.2, -0.15) is 0 Å². The summed E-state index contributed by atoms with van der Waals surface area (Å²) < 4.78 is 26.7. The van der Waals surface area contributed by atoms with E-state index in [2.05, 4.69) is 20.7 Å². The Balaban J connectivity index is 2.35. The summed E-state index contributed by atoms with van der Waals surface area (Å²) in [7, 11) is -3.86. The molecule has 0 bridgehead atoms. The van der Waals surface area contributed by atoms with Gasteiger partial charge in [0.15, 0.2) is 0 Å². The summed E-state index contributed by atoms with van der Waals surface area (Å²) in [5, 5.41) is 11.5. The second kappa shape index (κ2) is 6.23. The molecule has 6 nitrogen and oxygen atoms in total. The van der Waals surface area contributed by atoms with Crippen LogP contribution in [0.15, 0.2) is 53.4 Å². The summed E-state index contributed by atoms with van der Waals surface area (Å²) in [6, 6.07) is 11.8. The predicted molar refractivity (Wildman–Crippen MR) is 83.0 cm³/mol. The van der Waals surface area contributed by atoms with Crippen molar-refractivity contribution in [1.82, 2.24) is 0 Å². The summed E-state index contributed by atoms with van der Waals surface area (Å²) in [5.41, 5.74) is 0.574. The molecule has 0 atom stereocenters. The fraction of sp³-hybridized carbons (Fsp3) is 0.0769. The molecule has 2 rings (SSSR count). The van der Waals surface area contributed by atoms with E-state index in [0.29, 0.717) is 5.33 Å². The molecule has 0 unspecified atom stereocenters. The van der Waals surface area contributed by atoms with E-state index < -0.39 is 14.9 Å². The van der Waals surface area contributed by atoms with Crippen LogP contribution in [0.1, 0.15) is 5.56 Å². The molecule has 0 aliphatic rings. The number of rotatable bonds is 5. The molecule has 0 amide bonds.